The van der Waals surface area contributed by atoms with Gasteiger partial charge >= 0.3 is 0 Å². The molecular weight excluding hydrogens is 629 g/mol. The molecule has 1 heterocycles. The molecule has 1 atom stereocenters. The van der Waals surface area contributed by atoms with Gasteiger partial charge in [0.25, 0.3) is 5.56 Å². The van der Waals surface area contributed by atoms with Crippen molar-refractivity contribution in [3.05, 3.63) is 95.6 Å². The fraction of sp³-hybridized carbons (Fsp3) is 0.222. The highest BCUT2D eigenvalue weighted by Gasteiger charge is 2.19. The van der Waals surface area contributed by atoms with Crippen molar-refractivity contribution in [2.24, 2.45) is 5.10 Å². The van der Waals surface area contributed by atoms with Gasteiger partial charge in [-0.05, 0) is 64.3 Å². The first-order chi connectivity index (χ1) is 17.7. The van der Waals surface area contributed by atoms with Crippen molar-refractivity contribution in [2.45, 2.75) is 32.8 Å². The molecule has 10 heteroatoms. The van der Waals surface area contributed by atoms with Gasteiger partial charge in [0.2, 0.25) is 0 Å². The van der Waals surface area contributed by atoms with E-state index >= 15 is 0 Å². The molecule has 0 aliphatic rings. The van der Waals surface area contributed by atoms with Crippen LogP contribution in [-0.2, 0) is 6.61 Å². The van der Waals surface area contributed by atoms with Gasteiger partial charge in [0, 0.05) is 20.4 Å². The van der Waals surface area contributed by atoms with Crippen molar-refractivity contribution in [2.75, 3.05) is 7.11 Å². The van der Waals surface area contributed by atoms with Crippen LogP contribution < -0.4 is 15.0 Å². The molecule has 1 aromatic heterocycles. The van der Waals surface area contributed by atoms with E-state index in [2.05, 4.69) is 37.0 Å². The van der Waals surface area contributed by atoms with Gasteiger partial charge in [-0.15, -0.1) is 0 Å². The Hall–Kier alpha value is -2.75. The van der Waals surface area contributed by atoms with Crippen molar-refractivity contribution in [3.63, 3.8) is 0 Å². The third kappa shape index (κ3) is 5.89. The van der Waals surface area contributed by atoms with Gasteiger partial charge in [-0.2, -0.15) is 9.78 Å². The lowest BCUT2D eigenvalue weighted by atomic mass is 10.1. The molecule has 0 amide bonds. The molecule has 192 valence electrons. The molecule has 0 N–H and O–H groups in total. The first kappa shape index (κ1) is 27.3. The fourth-order valence-corrected chi connectivity index (χ4v) is 4.63. The second kappa shape index (κ2) is 11.8. The van der Waals surface area contributed by atoms with E-state index in [1.165, 1.54) is 30.1 Å². The summed E-state index contributed by atoms with van der Waals surface area (Å²) in [5.74, 6) is 0.948. The standard InChI is InChI=1S/C27H23Br2ClFN3O3/c1-4-15(2)26-33-21-10-7-18(28)12-20(21)27(35)34(26)32-13-17-11-22(36-3)25(24(30)23(17)29)37-14-16-5-8-19(31)9-6-16/h5-13,15H,4,14H2,1-3H3/t15-/m1/s1. The maximum Gasteiger partial charge on any atom is 0.282 e. The van der Waals surface area contributed by atoms with Gasteiger partial charge in [-0.25, -0.2) is 9.37 Å². The second-order valence-electron chi connectivity index (χ2n) is 8.34. The van der Waals surface area contributed by atoms with Crippen LogP contribution in [0.3, 0.4) is 0 Å². The number of nitrogens with zero attached hydrogens (tertiary/aromatic N) is 3. The molecule has 4 rings (SSSR count). The Labute approximate surface area is 235 Å². The molecule has 0 aliphatic carbocycles. The van der Waals surface area contributed by atoms with Crippen LogP contribution >= 0.6 is 43.5 Å². The van der Waals surface area contributed by atoms with E-state index in [0.717, 1.165) is 16.5 Å². The number of ether oxygens (including phenoxy) is 2. The third-order valence-corrected chi connectivity index (χ3v) is 7.81. The van der Waals surface area contributed by atoms with Crippen molar-refractivity contribution >= 4 is 60.6 Å². The van der Waals surface area contributed by atoms with Gasteiger partial charge in [0.15, 0.2) is 11.5 Å². The molecule has 0 radical (unpaired) electrons. The summed E-state index contributed by atoms with van der Waals surface area (Å²) in [7, 11) is 1.50. The summed E-state index contributed by atoms with van der Waals surface area (Å²) in [4.78, 5) is 18.1. The van der Waals surface area contributed by atoms with Gasteiger partial charge in [-0.1, -0.05) is 53.5 Å². The molecule has 0 saturated heterocycles. The Morgan fingerprint density at radius 3 is 2.59 bits per heavy atom. The Bertz CT molecular complexity index is 1540. The average Bonchev–Trinajstić information content (AvgIpc) is 2.90. The predicted octanol–water partition coefficient (Wildman–Crippen LogP) is 7.70. The minimum atomic E-state index is -0.324. The zero-order chi connectivity index (χ0) is 26.7. The predicted molar refractivity (Wildman–Crippen MR) is 152 cm³/mol. The largest absolute Gasteiger partial charge is 0.493 e. The molecule has 0 spiro atoms. The molecule has 0 bridgehead atoms. The Kier molecular flexibility index (Phi) is 8.67. The van der Waals surface area contributed by atoms with Gasteiger partial charge in [0.05, 0.1) is 24.2 Å². The van der Waals surface area contributed by atoms with E-state index in [1.807, 2.05) is 26.0 Å². The molecule has 0 aliphatic heterocycles. The van der Waals surface area contributed by atoms with Crippen LogP contribution in [0, 0.1) is 5.82 Å². The number of hydrogen-bond donors (Lipinski definition) is 0. The molecule has 3 aromatic carbocycles. The molecule has 4 aromatic rings. The Morgan fingerprint density at radius 1 is 1.19 bits per heavy atom. The number of aromatic nitrogens is 2. The van der Waals surface area contributed by atoms with Gasteiger partial charge < -0.3 is 9.47 Å². The van der Waals surface area contributed by atoms with Crippen molar-refractivity contribution in [1.29, 1.82) is 0 Å². The maximum atomic E-state index is 13.4. The van der Waals surface area contributed by atoms with E-state index in [0.29, 0.717) is 38.3 Å². The number of fused-ring (bicyclic) bond motifs is 1. The smallest absolute Gasteiger partial charge is 0.282 e. The molecular formula is C27H23Br2ClFN3O3. The quantitative estimate of drug-likeness (QED) is 0.183. The van der Waals surface area contributed by atoms with Gasteiger partial charge in [-0.3, -0.25) is 4.79 Å². The van der Waals surface area contributed by atoms with Gasteiger partial charge in [0.1, 0.15) is 23.3 Å². The molecule has 0 fully saturated rings. The lowest BCUT2D eigenvalue weighted by Crippen LogP contribution is -2.23. The minimum Gasteiger partial charge on any atom is -0.493 e. The first-order valence-electron chi connectivity index (χ1n) is 11.4. The second-order valence-corrected chi connectivity index (χ2v) is 10.4. The van der Waals surface area contributed by atoms with Crippen molar-refractivity contribution < 1.29 is 13.9 Å². The number of rotatable bonds is 8. The molecule has 0 saturated carbocycles. The van der Waals surface area contributed by atoms with Crippen LogP contribution in [0.15, 0.2) is 67.4 Å². The lowest BCUT2D eigenvalue weighted by molar-refractivity contribution is 0.284. The highest BCUT2D eigenvalue weighted by Crippen LogP contribution is 2.42. The summed E-state index contributed by atoms with van der Waals surface area (Å²) in [6.45, 7) is 4.20. The Balaban J connectivity index is 1.74. The van der Waals surface area contributed by atoms with E-state index in [9.17, 15) is 9.18 Å². The summed E-state index contributed by atoms with van der Waals surface area (Å²) >= 11 is 13.6. The third-order valence-electron chi connectivity index (χ3n) is 5.87. The first-order valence-corrected chi connectivity index (χ1v) is 13.4. The number of benzene rings is 3. The van der Waals surface area contributed by atoms with Crippen LogP contribution in [0.25, 0.3) is 10.9 Å². The maximum absolute atomic E-state index is 13.4. The molecule has 0 unspecified atom stereocenters. The zero-order valence-corrected chi connectivity index (χ0v) is 24.2. The summed E-state index contributed by atoms with van der Waals surface area (Å²) in [5, 5.41) is 5.25. The number of methoxy groups -OCH3 is 1. The highest BCUT2D eigenvalue weighted by atomic mass is 79.9. The van der Waals surface area contributed by atoms with Crippen LogP contribution in [0.1, 0.15) is 43.1 Å². The average molecular weight is 652 g/mol. The molecule has 37 heavy (non-hydrogen) atoms. The van der Waals surface area contributed by atoms with Crippen LogP contribution in [-0.4, -0.2) is 23.0 Å². The van der Waals surface area contributed by atoms with E-state index in [4.69, 9.17) is 26.1 Å². The topological polar surface area (TPSA) is 65.7 Å². The Morgan fingerprint density at radius 2 is 1.92 bits per heavy atom. The number of halogens is 4. The normalized spacial score (nSPS) is 12.3. The summed E-state index contributed by atoms with van der Waals surface area (Å²) < 4.78 is 27.3. The number of hydrogen-bond acceptors (Lipinski definition) is 5. The minimum absolute atomic E-state index is 0.00157. The summed E-state index contributed by atoms with van der Waals surface area (Å²) in [6, 6.07) is 13.1. The summed E-state index contributed by atoms with van der Waals surface area (Å²) in [6.07, 6.45) is 2.31. The van der Waals surface area contributed by atoms with Crippen LogP contribution in [0.5, 0.6) is 11.5 Å². The van der Waals surface area contributed by atoms with Crippen molar-refractivity contribution in [1.82, 2.24) is 9.66 Å². The zero-order valence-electron chi connectivity index (χ0n) is 20.3. The lowest BCUT2D eigenvalue weighted by Gasteiger charge is -2.16. The van der Waals surface area contributed by atoms with Crippen molar-refractivity contribution in [3.8, 4) is 11.5 Å². The monoisotopic (exact) mass is 649 g/mol. The van der Waals surface area contributed by atoms with Crippen LogP contribution in [0.4, 0.5) is 4.39 Å². The highest BCUT2D eigenvalue weighted by molar-refractivity contribution is 9.10. The van der Waals surface area contributed by atoms with E-state index < -0.39 is 0 Å². The fourth-order valence-electron chi connectivity index (χ4n) is 3.62. The van der Waals surface area contributed by atoms with E-state index in [1.54, 1.807) is 24.3 Å². The molecule has 6 nitrogen and oxygen atoms in total. The summed E-state index contributed by atoms with van der Waals surface area (Å²) in [5.41, 5.74) is 1.69. The van der Waals surface area contributed by atoms with Crippen LogP contribution in [0.2, 0.25) is 5.02 Å². The SMILES string of the molecule is CC[C@@H](C)c1nc2ccc(Br)cc2c(=O)n1N=Cc1cc(OC)c(OCc2ccc(F)cc2)c(Cl)c1Br. The van der Waals surface area contributed by atoms with E-state index in [-0.39, 0.29) is 28.9 Å².